The topological polar surface area (TPSA) is 0 Å². The van der Waals surface area contributed by atoms with Gasteiger partial charge in [0.05, 0.1) is 0 Å². The van der Waals surface area contributed by atoms with Crippen LogP contribution in [-0.2, 0) is 0 Å². The Hall–Kier alpha value is 1.21. The fraction of sp³-hybridized carbons (Fsp3) is 1.00. The third-order valence-corrected chi connectivity index (χ3v) is 2.73. The van der Waals surface area contributed by atoms with Crippen molar-refractivity contribution in [2.24, 2.45) is 5.92 Å². The zero-order valence-electron chi connectivity index (χ0n) is 6.59. The third-order valence-electron chi connectivity index (χ3n) is 2.06. The van der Waals surface area contributed by atoms with Gasteiger partial charge in [0, 0.05) is 0 Å². The highest BCUT2D eigenvalue weighted by atomic mass is 32.7. The van der Waals surface area contributed by atoms with Crippen LogP contribution in [0.25, 0.3) is 0 Å². The van der Waals surface area contributed by atoms with Gasteiger partial charge in [0.1, 0.15) is 0 Å². The van der Waals surface area contributed by atoms with Crippen LogP contribution in [0.3, 0.4) is 0 Å². The molecule has 0 heterocycles. The van der Waals surface area contributed by atoms with Crippen LogP contribution in [0.2, 0.25) is 0 Å². The summed E-state index contributed by atoms with van der Waals surface area (Å²) in [5.41, 5.74) is 0.936. The first-order valence-corrected chi connectivity index (χ1v) is 6.53. The van der Waals surface area contributed by atoms with Gasteiger partial charge in [0.25, 0.3) is 0 Å². The Morgan fingerprint density at radius 2 is 1.50 bits per heavy atom. The SMILES string of the molecule is CC1CCC(P)CC1.PS. The molecular formula is C7H18P2S. The van der Waals surface area contributed by atoms with E-state index in [-0.39, 0.29) is 0 Å². The summed E-state index contributed by atoms with van der Waals surface area (Å²) in [6.45, 7) is 2.36. The molecule has 3 heteroatoms. The third kappa shape index (κ3) is 4.94. The largest absolute Gasteiger partial charge is 0.158 e. The average molecular weight is 196 g/mol. The number of hydrogen-bond acceptors (Lipinski definition) is 1. The first kappa shape index (κ1) is 11.2. The summed E-state index contributed by atoms with van der Waals surface area (Å²) in [6.07, 6.45) is 5.78. The van der Waals surface area contributed by atoms with Crippen LogP contribution < -0.4 is 0 Å². The maximum absolute atomic E-state index is 3.44. The molecule has 0 aromatic rings. The van der Waals surface area contributed by atoms with Gasteiger partial charge in [-0.05, 0) is 24.4 Å². The molecular weight excluding hydrogens is 178 g/mol. The fourth-order valence-electron chi connectivity index (χ4n) is 1.29. The van der Waals surface area contributed by atoms with E-state index in [1.807, 2.05) is 0 Å². The van der Waals surface area contributed by atoms with Gasteiger partial charge in [0.15, 0.2) is 0 Å². The van der Waals surface area contributed by atoms with E-state index in [2.05, 4.69) is 36.9 Å². The molecule has 0 radical (unpaired) electrons. The Balaban J connectivity index is 0.000000371. The predicted molar refractivity (Wildman–Crippen MR) is 59.8 cm³/mol. The molecule has 0 aromatic heterocycles. The van der Waals surface area contributed by atoms with E-state index >= 15 is 0 Å². The smallest absolute Gasteiger partial charge is 0.0264 e. The molecule has 62 valence electrons. The Kier molecular flexibility index (Phi) is 7.73. The zero-order chi connectivity index (χ0) is 7.98. The minimum atomic E-state index is 0.936. The van der Waals surface area contributed by atoms with Crippen molar-refractivity contribution in [2.75, 3.05) is 0 Å². The van der Waals surface area contributed by atoms with E-state index in [1.165, 1.54) is 25.7 Å². The van der Waals surface area contributed by atoms with Gasteiger partial charge in [0.2, 0.25) is 0 Å². The van der Waals surface area contributed by atoms with Gasteiger partial charge in [-0.3, -0.25) is 0 Å². The molecule has 0 saturated heterocycles. The van der Waals surface area contributed by atoms with E-state index in [4.69, 9.17) is 0 Å². The first-order valence-electron chi connectivity index (χ1n) is 3.80. The lowest BCUT2D eigenvalue weighted by Gasteiger charge is -2.22. The molecule has 1 saturated carbocycles. The highest BCUT2D eigenvalue weighted by molar-refractivity contribution is 8.31. The molecule has 1 aliphatic carbocycles. The van der Waals surface area contributed by atoms with Crippen LogP contribution in [-0.4, -0.2) is 5.66 Å². The highest BCUT2D eigenvalue weighted by Gasteiger charge is 2.13. The number of thiol groups is 1. The molecule has 0 nitrogen and oxygen atoms in total. The molecule has 0 N–H and O–H groups in total. The van der Waals surface area contributed by atoms with E-state index in [1.54, 1.807) is 0 Å². The summed E-state index contributed by atoms with van der Waals surface area (Å²) < 4.78 is 0. The van der Waals surface area contributed by atoms with Gasteiger partial charge in [-0.2, -0.15) is 12.2 Å². The normalized spacial score (nSPS) is 32.4. The van der Waals surface area contributed by atoms with Crippen LogP contribution in [0.5, 0.6) is 0 Å². The van der Waals surface area contributed by atoms with Gasteiger partial charge in [-0.25, -0.2) is 0 Å². The Labute approximate surface area is 74.5 Å². The lowest BCUT2D eigenvalue weighted by atomic mass is 9.91. The molecule has 1 fully saturated rings. The molecule has 0 bridgehead atoms. The Morgan fingerprint density at radius 3 is 1.80 bits per heavy atom. The van der Waals surface area contributed by atoms with Crippen molar-refractivity contribution in [1.29, 1.82) is 0 Å². The fourth-order valence-corrected chi connectivity index (χ4v) is 1.67. The molecule has 0 aliphatic heterocycles. The summed E-state index contributed by atoms with van der Waals surface area (Å²) in [7, 11) is 5.03. The van der Waals surface area contributed by atoms with E-state index < -0.39 is 0 Å². The van der Waals surface area contributed by atoms with Gasteiger partial charge < -0.3 is 0 Å². The lowest BCUT2D eigenvalue weighted by molar-refractivity contribution is 0.393. The van der Waals surface area contributed by atoms with Crippen LogP contribution in [0.1, 0.15) is 32.6 Å². The van der Waals surface area contributed by atoms with Gasteiger partial charge in [-0.15, -0.1) is 9.24 Å². The van der Waals surface area contributed by atoms with Crippen molar-refractivity contribution >= 4 is 29.9 Å². The molecule has 0 spiro atoms. The maximum atomic E-state index is 3.44. The van der Waals surface area contributed by atoms with Crippen LogP contribution in [0.4, 0.5) is 0 Å². The van der Waals surface area contributed by atoms with E-state index in [0.29, 0.717) is 0 Å². The second kappa shape index (κ2) is 6.89. The van der Waals surface area contributed by atoms with Gasteiger partial charge >= 0.3 is 0 Å². The summed E-state index contributed by atoms with van der Waals surface area (Å²) in [6, 6.07) is 0. The first-order chi connectivity index (χ1) is 4.79. The van der Waals surface area contributed by atoms with Crippen molar-refractivity contribution in [1.82, 2.24) is 0 Å². The predicted octanol–water partition coefficient (Wildman–Crippen LogP) is 3.15. The lowest BCUT2D eigenvalue weighted by Crippen LogP contribution is -2.10. The molecule has 10 heavy (non-hydrogen) atoms. The molecule has 0 aromatic carbocycles. The van der Waals surface area contributed by atoms with E-state index in [9.17, 15) is 0 Å². The van der Waals surface area contributed by atoms with Crippen LogP contribution in [0, 0.1) is 5.92 Å². The van der Waals surface area contributed by atoms with Crippen molar-refractivity contribution in [3.63, 3.8) is 0 Å². The van der Waals surface area contributed by atoms with Crippen LogP contribution >= 0.6 is 29.9 Å². The average Bonchev–Trinajstić information content (AvgIpc) is 2.00. The minimum Gasteiger partial charge on any atom is -0.158 e. The second-order valence-corrected chi connectivity index (χ2v) is 3.96. The van der Waals surface area contributed by atoms with Crippen molar-refractivity contribution in [2.45, 2.75) is 38.3 Å². The summed E-state index contributed by atoms with van der Waals surface area (Å²) in [5.74, 6) is 1.01. The summed E-state index contributed by atoms with van der Waals surface area (Å²) in [4.78, 5) is 0. The highest BCUT2D eigenvalue weighted by Crippen LogP contribution is 2.27. The molecule has 0 amide bonds. The molecule has 2 atom stereocenters. The van der Waals surface area contributed by atoms with Crippen molar-refractivity contribution in [3.05, 3.63) is 0 Å². The van der Waals surface area contributed by atoms with Crippen LogP contribution in [0.15, 0.2) is 0 Å². The Bertz CT molecular complexity index is 60.0. The second-order valence-electron chi connectivity index (χ2n) is 3.02. The van der Waals surface area contributed by atoms with E-state index in [0.717, 1.165) is 11.6 Å². The van der Waals surface area contributed by atoms with Crippen molar-refractivity contribution in [3.8, 4) is 0 Å². The zero-order valence-corrected chi connectivity index (χ0v) is 9.79. The number of hydrogen-bond donors (Lipinski definition) is 1. The molecule has 1 rings (SSSR count). The summed E-state index contributed by atoms with van der Waals surface area (Å²) in [5, 5.41) is 0. The standard InChI is InChI=1S/C7H15P.H3PS/c1-6-2-4-7(8)5-3-6;1-2/h6-7H,2-5,8H2,1H3;2H,1H2. The molecule has 2 unspecified atom stereocenters. The number of rotatable bonds is 0. The molecule has 1 aliphatic rings. The monoisotopic (exact) mass is 196 g/mol. The minimum absolute atomic E-state index is 0.936. The van der Waals surface area contributed by atoms with Crippen molar-refractivity contribution < 1.29 is 0 Å². The maximum Gasteiger partial charge on any atom is -0.0264 e. The summed E-state index contributed by atoms with van der Waals surface area (Å²) >= 11 is 3.44. The Morgan fingerprint density at radius 1 is 1.10 bits per heavy atom. The quantitative estimate of drug-likeness (QED) is 0.446. The van der Waals surface area contributed by atoms with Gasteiger partial charge in [-0.1, -0.05) is 28.2 Å².